The largest absolute Gasteiger partial charge is 0.351 e. The molecule has 0 aliphatic carbocycles. The topological polar surface area (TPSA) is 74.7 Å². The predicted octanol–water partition coefficient (Wildman–Crippen LogP) is -0.233. The Kier molecular flexibility index (Phi) is 2.77. The molecule has 0 saturated carbocycles. The van der Waals surface area contributed by atoms with Gasteiger partial charge in [-0.25, -0.2) is 15.8 Å². The van der Waals surface area contributed by atoms with E-state index in [1.54, 1.807) is 6.20 Å². The molecule has 0 amide bonds. The molecule has 3 N–H and O–H groups in total. The van der Waals surface area contributed by atoms with Crippen molar-refractivity contribution < 1.29 is 0 Å². The molecule has 2 aromatic heterocycles. The number of anilines is 2. The number of nitrogens with one attached hydrogen (secondary N) is 1. The number of fused-ring (bicyclic) bond motifs is 1. The van der Waals surface area contributed by atoms with Crippen molar-refractivity contribution in [2.75, 3.05) is 43.6 Å². The normalized spacial score (nSPS) is 17.3. The van der Waals surface area contributed by atoms with Crippen molar-refractivity contribution in [2.45, 2.75) is 0 Å². The first-order valence-corrected chi connectivity index (χ1v) is 6.02. The fraction of sp³-hybridized carbons (Fsp3) is 0.455. The molecule has 1 fully saturated rings. The lowest BCUT2D eigenvalue weighted by Crippen LogP contribution is -2.45. The van der Waals surface area contributed by atoms with Crippen molar-refractivity contribution >= 4 is 17.3 Å². The molecule has 0 bridgehead atoms. The van der Waals surface area contributed by atoms with E-state index in [4.69, 9.17) is 5.84 Å². The van der Waals surface area contributed by atoms with Crippen molar-refractivity contribution in [3.05, 3.63) is 18.6 Å². The Bertz CT molecular complexity index is 541. The number of nitrogen functional groups attached to an aromatic ring is 1. The van der Waals surface area contributed by atoms with Crippen molar-refractivity contribution in [1.29, 1.82) is 0 Å². The predicted molar refractivity (Wildman–Crippen MR) is 70.5 cm³/mol. The van der Waals surface area contributed by atoms with Gasteiger partial charge < -0.3 is 19.6 Å². The number of rotatable bonds is 2. The third-order valence-electron chi connectivity index (χ3n) is 3.31. The zero-order valence-electron chi connectivity index (χ0n) is 10.4. The minimum atomic E-state index is 0.648. The van der Waals surface area contributed by atoms with Crippen LogP contribution in [0.5, 0.6) is 0 Å². The third-order valence-corrected chi connectivity index (χ3v) is 3.31. The second kappa shape index (κ2) is 4.43. The molecule has 1 aliphatic heterocycles. The van der Waals surface area contributed by atoms with Crippen molar-refractivity contribution in [3.8, 4) is 0 Å². The number of piperazine rings is 1. The lowest BCUT2D eigenvalue weighted by Gasteiger charge is -2.33. The lowest BCUT2D eigenvalue weighted by molar-refractivity contribution is 0.312. The standard InChI is InChI=1S/C11H17N7/c1-16-4-6-17(7-5-16)11-10-13-2-3-18(10)8-9(14-11)15-12/h2-3,8,15H,4-7,12H2,1H3. The molecule has 0 spiro atoms. The Hall–Kier alpha value is -1.86. The molecule has 3 heterocycles. The van der Waals surface area contributed by atoms with E-state index in [9.17, 15) is 0 Å². The number of likely N-dealkylation sites (N-methyl/N-ethyl adjacent to an activating group) is 1. The molecule has 0 radical (unpaired) electrons. The van der Waals surface area contributed by atoms with Gasteiger partial charge in [0, 0.05) is 38.6 Å². The molecule has 3 rings (SSSR count). The summed E-state index contributed by atoms with van der Waals surface area (Å²) in [6.07, 6.45) is 5.51. The Morgan fingerprint density at radius 2 is 2.06 bits per heavy atom. The zero-order valence-corrected chi connectivity index (χ0v) is 10.4. The Morgan fingerprint density at radius 1 is 1.28 bits per heavy atom. The average Bonchev–Trinajstić information content (AvgIpc) is 2.86. The van der Waals surface area contributed by atoms with Crippen LogP contribution >= 0.6 is 0 Å². The van der Waals surface area contributed by atoms with Gasteiger partial charge >= 0.3 is 0 Å². The van der Waals surface area contributed by atoms with E-state index in [2.05, 4.69) is 32.2 Å². The summed E-state index contributed by atoms with van der Waals surface area (Å²) < 4.78 is 1.94. The van der Waals surface area contributed by atoms with E-state index < -0.39 is 0 Å². The van der Waals surface area contributed by atoms with Crippen LogP contribution in [0.3, 0.4) is 0 Å². The fourth-order valence-electron chi connectivity index (χ4n) is 2.22. The number of nitrogens with two attached hydrogens (primary N) is 1. The first kappa shape index (κ1) is 11.2. The second-order valence-corrected chi connectivity index (χ2v) is 4.54. The van der Waals surface area contributed by atoms with Gasteiger partial charge in [-0.3, -0.25) is 0 Å². The van der Waals surface area contributed by atoms with Crippen molar-refractivity contribution in [1.82, 2.24) is 19.3 Å². The molecule has 18 heavy (non-hydrogen) atoms. The van der Waals surface area contributed by atoms with Gasteiger partial charge in [-0.1, -0.05) is 0 Å². The molecule has 7 nitrogen and oxygen atoms in total. The van der Waals surface area contributed by atoms with Gasteiger partial charge in [0.05, 0.1) is 6.20 Å². The first-order valence-electron chi connectivity index (χ1n) is 6.02. The molecule has 2 aromatic rings. The van der Waals surface area contributed by atoms with Gasteiger partial charge in [0.15, 0.2) is 17.3 Å². The highest BCUT2D eigenvalue weighted by atomic mass is 15.3. The maximum atomic E-state index is 5.46. The molecular formula is C11H17N7. The van der Waals surface area contributed by atoms with Crippen LogP contribution in [-0.2, 0) is 0 Å². The lowest BCUT2D eigenvalue weighted by atomic mass is 10.3. The molecule has 7 heteroatoms. The summed E-state index contributed by atoms with van der Waals surface area (Å²) in [7, 11) is 2.13. The number of hydrazine groups is 1. The van der Waals surface area contributed by atoms with E-state index in [-0.39, 0.29) is 0 Å². The highest BCUT2D eigenvalue weighted by molar-refractivity contribution is 5.66. The van der Waals surface area contributed by atoms with Crippen LogP contribution < -0.4 is 16.2 Å². The van der Waals surface area contributed by atoms with Crippen LogP contribution in [-0.4, -0.2) is 52.5 Å². The van der Waals surface area contributed by atoms with Crippen molar-refractivity contribution in [2.24, 2.45) is 5.84 Å². The maximum absolute atomic E-state index is 5.46. The van der Waals surface area contributed by atoms with Crippen LogP contribution in [0.4, 0.5) is 11.6 Å². The summed E-state index contributed by atoms with van der Waals surface area (Å²) in [6, 6.07) is 0. The molecule has 0 unspecified atom stereocenters. The first-order chi connectivity index (χ1) is 8.78. The summed E-state index contributed by atoms with van der Waals surface area (Å²) in [5.74, 6) is 7.00. The van der Waals surface area contributed by atoms with E-state index in [1.807, 2.05) is 16.8 Å². The highest BCUT2D eigenvalue weighted by Gasteiger charge is 2.19. The molecule has 0 aromatic carbocycles. The van der Waals surface area contributed by atoms with E-state index >= 15 is 0 Å². The SMILES string of the molecule is CN1CCN(c2nc(NN)cn3ccnc23)CC1. The molecule has 1 saturated heterocycles. The zero-order chi connectivity index (χ0) is 12.5. The Morgan fingerprint density at radius 3 is 2.78 bits per heavy atom. The summed E-state index contributed by atoms with van der Waals surface area (Å²) in [4.78, 5) is 13.5. The van der Waals surface area contributed by atoms with E-state index in [1.165, 1.54) is 0 Å². The van der Waals surface area contributed by atoms with Gasteiger partial charge in [-0.2, -0.15) is 0 Å². The molecule has 1 aliphatic rings. The summed E-state index contributed by atoms with van der Waals surface area (Å²) in [5.41, 5.74) is 3.47. The molecule has 0 atom stereocenters. The van der Waals surface area contributed by atoms with Crippen LogP contribution in [0, 0.1) is 0 Å². The minimum absolute atomic E-state index is 0.648. The smallest absolute Gasteiger partial charge is 0.180 e. The second-order valence-electron chi connectivity index (χ2n) is 4.54. The van der Waals surface area contributed by atoms with Crippen LogP contribution in [0.2, 0.25) is 0 Å². The van der Waals surface area contributed by atoms with Gasteiger partial charge in [0.2, 0.25) is 0 Å². The summed E-state index contributed by atoms with van der Waals surface area (Å²) in [6.45, 7) is 3.99. The quantitative estimate of drug-likeness (QED) is 0.564. The third kappa shape index (κ3) is 1.87. The van der Waals surface area contributed by atoms with E-state index in [0.717, 1.165) is 37.6 Å². The monoisotopic (exact) mass is 247 g/mol. The fourth-order valence-corrected chi connectivity index (χ4v) is 2.22. The van der Waals surface area contributed by atoms with Crippen molar-refractivity contribution in [3.63, 3.8) is 0 Å². The van der Waals surface area contributed by atoms with Gasteiger partial charge in [-0.05, 0) is 7.05 Å². The van der Waals surface area contributed by atoms with Crippen LogP contribution in [0.15, 0.2) is 18.6 Å². The Labute approximate surface area is 105 Å². The van der Waals surface area contributed by atoms with Gasteiger partial charge in [0.25, 0.3) is 0 Å². The summed E-state index contributed by atoms with van der Waals surface area (Å²) in [5, 5.41) is 0. The average molecular weight is 247 g/mol. The van der Waals surface area contributed by atoms with Crippen LogP contribution in [0.1, 0.15) is 0 Å². The minimum Gasteiger partial charge on any atom is -0.351 e. The number of aromatic nitrogens is 3. The Balaban J connectivity index is 2.01. The molecular weight excluding hydrogens is 230 g/mol. The number of nitrogens with zero attached hydrogens (tertiary/aromatic N) is 5. The summed E-state index contributed by atoms with van der Waals surface area (Å²) >= 11 is 0. The van der Waals surface area contributed by atoms with Crippen LogP contribution in [0.25, 0.3) is 5.65 Å². The highest BCUT2D eigenvalue weighted by Crippen LogP contribution is 2.21. The molecule has 96 valence electrons. The number of hydrogen-bond donors (Lipinski definition) is 2. The van der Waals surface area contributed by atoms with Gasteiger partial charge in [-0.15, -0.1) is 0 Å². The van der Waals surface area contributed by atoms with Gasteiger partial charge in [0.1, 0.15) is 0 Å². The van der Waals surface area contributed by atoms with E-state index in [0.29, 0.717) is 5.82 Å². The number of imidazole rings is 1. The maximum Gasteiger partial charge on any atom is 0.180 e. The number of hydrogen-bond acceptors (Lipinski definition) is 6.